The van der Waals surface area contributed by atoms with Crippen LogP contribution in [0.2, 0.25) is 0 Å². The Morgan fingerprint density at radius 2 is 2.00 bits per heavy atom. The molecule has 0 aliphatic heterocycles. The van der Waals surface area contributed by atoms with E-state index in [9.17, 15) is 0 Å². The molecule has 1 unspecified atom stereocenters. The highest BCUT2D eigenvalue weighted by Gasteiger charge is 2.22. The van der Waals surface area contributed by atoms with Gasteiger partial charge >= 0.3 is 0 Å². The monoisotopic (exact) mass is 120 g/mol. The summed E-state index contributed by atoms with van der Waals surface area (Å²) in [6, 6.07) is 0. The van der Waals surface area contributed by atoms with Gasteiger partial charge in [0, 0.05) is 0 Å². The molecule has 0 amide bonds. The molecule has 0 aromatic carbocycles. The first kappa shape index (κ1) is 7.84. The van der Waals surface area contributed by atoms with Gasteiger partial charge in [0.25, 0.3) is 0 Å². The third-order valence-corrected chi connectivity index (χ3v) is 0.765. The Labute approximate surface area is 48.4 Å². The summed E-state index contributed by atoms with van der Waals surface area (Å²) in [6.07, 6.45) is -1.09. The van der Waals surface area contributed by atoms with Crippen LogP contribution in [-0.2, 0) is 4.84 Å². The van der Waals surface area contributed by atoms with E-state index in [1.54, 1.807) is 13.8 Å². The first-order chi connectivity index (χ1) is 3.48. The number of aliphatic hydroxyl groups excluding tert-OH is 1. The van der Waals surface area contributed by atoms with Crippen molar-refractivity contribution in [1.82, 2.24) is 0 Å². The van der Waals surface area contributed by atoms with E-state index in [0.717, 1.165) is 0 Å². The second kappa shape index (κ2) is 2.41. The van der Waals surface area contributed by atoms with Crippen molar-refractivity contribution in [2.45, 2.75) is 25.7 Å². The highest BCUT2D eigenvalue weighted by molar-refractivity contribution is 4.73. The van der Waals surface area contributed by atoms with Crippen molar-refractivity contribution >= 4 is 0 Å². The van der Waals surface area contributed by atoms with Crippen LogP contribution in [0, 0.1) is 0 Å². The largest absolute Gasteiger partial charge is 0.365 e. The molecule has 0 heterocycles. The summed E-state index contributed by atoms with van der Waals surface area (Å²) < 4.78 is 0. The summed E-state index contributed by atoms with van der Waals surface area (Å²) in [5.41, 5.74) is 4.55. The topological polar surface area (TPSA) is 81.5 Å². The molecular weight excluding hydrogens is 108 g/mol. The highest BCUT2D eigenvalue weighted by Crippen LogP contribution is 2.02. The Bertz CT molecular complexity index is 68.9. The molecule has 0 spiro atoms. The fraction of sp³-hybridized carbons (Fsp3) is 1.00. The normalized spacial score (nSPS) is 16.1. The predicted octanol–water partition coefficient (Wildman–Crippen LogP) is -1.07. The van der Waals surface area contributed by atoms with Crippen LogP contribution in [0.5, 0.6) is 0 Å². The Balaban J connectivity index is 3.62. The van der Waals surface area contributed by atoms with Crippen molar-refractivity contribution in [3.63, 3.8) is 0 Å². The van der Waals surface area contributed by atoms with Crippen molar-refractivity contribution in [2.24, 2.45) is 11.6 Å². The summed E-state index contributed by atoms with van der Waals surface area (Å²) in [5, 5.41) is 8.72. The van der Waals surface area contributed by atoms with E-state index >= 15 is 0 Å². The fourth-order valence-corrected chi connectivity index (χ4v) is 0.175. The third kappa shape index (κ3) is 2.23. The minimum absolute atomic E-state index is 0.783. The average Bonchev–Trinajstić information content (AvgIpc) is 1.62. The molecule has 0 aromatic rings. The maximum Gasteiger partial charge on any atom is 0.191 e. The van der Waals surface area contributed by atoms with Gasteiger partial charge < -0.3 is 10.8 Å². The van der Waals surface area contributed by atoms with E-state index < -0.39 is 11.8 Å². The second-order valence-corrected chi connectivity index (χ2v) is 2.31. The molecule has 0 aliphatic rings. The number of aliphatic hydroxyl groups is 1. The van der Waals surface area contributed by atoms with E-state index in [1.807, 2.05) is 0 Å². The van der Waals surface area contributed by atoms with Crippen molar-refractivity contribution in [2.75, 3.05) is 0 Å². The van der Waals surface area contributed by atoms with Crippen LogP contribution >= 0.6 is 0 Å². The minimum atomic E-state index is -1.09. The number of rotatable bonds is 2. The standard InChI is InChI=1S/C4H12N2O2/c1-4(2,5)3(7)8-6/h3,7H,5-6H2,1-2H3. The Hall–Kier alpha value is -0.160. The molecule has 0 radical (unpaired) electrons. The lowest BCUT2D eigenvalue weighted by atomic mass is 10.1. The molecule has 8 heavy (non-hydrogen) atoms. The molecule has 5 N–H and O–H groups in total. The highest BCUT2D eigenvalue weighted by atomic mass is 16.7. The number of hydrogen-bond donors (Lipinski definition) is 3. The molecule has 4 heteroatoms. The molecule has 0 rings (SSSR count). The van der Waals surface area contributed by atoms with Crippen LogP contribution in [0.15, 0.2) is 0 Å². The number of hydrogen-bond acceptors (Lipinski definition) is 4. The van der Waals surface area contributed by atoms with Gasteiger partial charge in [-0.1, -0.05) is 0 Å². The van der Waals surface area contributed by atoms with Crippen molar-refractivity contribution in [3.05, 3.63) is 0 Å². The quantitative estimate of drug-likeness (QED) is 0.320. The fourth-order valence-electron chi connectivity index (χ4n) is 0.175. The summed E-state index contributed by atoms with van der Waals surface area (Å²) >= 11 is 0. The van der Waals surface area contributed by atoms with Gasteiger partial charge in [-0.05, 0) is 13.8 Å². The summed E-state index contributed by atoms with van der Waals surface area (Å²) in [4.78, 5) is 4.05. The summed E-state index contributed by atoms with van der Waals surface area (Å²) in [7, 11) is 0. The van der Waals surface area contributed by atoms with E-state index in [-0.39, 0.29) is 0 Å². The van der Waals surface area contributed by atoms with Crippen LogP contribution in [-0.4, -0.2) is 16.9 Å². The van der Waals surface area contributed by atoms with Gasteiger partial charge in [-0.3, -0.25) is 4.84 Å². The van der Waals surface area contributed by atoms with Gasteiger partial charge in [0.2, 0.25) is 0 Å². The molecule has 1 atom stereocenters. The summed E-state index contributed by atoms with van der Waals surface area (Å²) in [6.45, 7) is 3.23. The zero-order chi connectivity index (χ0) is 6.78. The molecule has 0 saturated heterocycles. The Morgan fingerprint density at radius 1 is 1.62 bits per heavy atom. The lowest BCUT2D eigenvalue weighted by molar-refractivity contribution is -0.137. The van der Waals surface area contributed by atoms with E-state index in [2.05, 4.69) is 10.7 Å². The van der Waals surface area contributed by atoms with Crippen LogP contribution in [0.3, 0.4) is 0 Å². The minimum Gasteiger partial charge on any atom is -0.365 e. The zero-order valence-corrected chi connectivity index (χ0v) is 5.09. The summed E-state index contributed by atoms with van der Waals surface area (Å²) in [5.74, 6) is 4.63. The first-order valence-electron chi connectivity index (χ1n) is 2.31. The Morgan fingerprint density at radius 3 is 2.00 bits per heavy atom. The molecule has 0 aliphatic carbocycles. The van der Waals surface area contributed by atoms with Crippen LogP contribution in [0.4, 0.5) is 0 Å². The van der Waals surface area contributed by atoms with Crippen molar-refractivity contribution < 1.29 is 9.94 Å². The van der Waals surface area contributed by atoms with Crippen LogP contribution < -0.4 is 11.6 Å². The average molecular weight is 120 g/mol. The van der Waals surface area contributed by atoms with Crippen LogP contribution in [0.1, 0.15) is 13.8 Å². The molecule has 0 aromatic heterocycles. The maximum atomic E-state index is 8.72. The predicted molar refractivity (Wildman–Crippen MR) is 29.5 cm³/mol. The van der Waals surface area contributed by atoms with Gasteiger partial charge in [0.05, 0.1) is 5.54 Å². The Kier molecular flexibility index (Phi) is 2.36. The second-order valence-electron chi connectivity index (χ2n) is 2.31. The SMILES string of the molecule is CC(C)(N)C(O)ON. The smallest absolute Gasteiger partial charge is 0.191 e. The van der Waals surface area contributed by atoms with Crippen molar-refractivity contribution in [3.8, 4) is 0 Å². The lowest BCUT2D eigenvalue weighted by Crippen LogP contribution is -2.47. The molecule has 4 nitrogen and oxygen atoms in total. The van der Waals surface area contributed by atoms with E-state index in [0.29, 0.717) is 0 Å². The van der Waals surface area contributed by atoms with Gasteiger partial charge in [-0.15, -0.1) is 0 Å². The van der Waals surface area contributed by atoms with Crippen molar-refractivity contribution in [1.29, 1.82) is 0 Å². The first-order valence-corrected chi connectivity index (χ1v) is 2.31. The zero-order valence-electron chi connectivity index (χ0n) is 5.09. The molecule has 0 bridgehead atoms. The molecule has 0 fully saturated rings. The number of nitrogens with two attached hydrogens (primary N) is 2. The van der Waals surface area contributed by atoms with Gasteiger partial charge in [0.15, 0.2) is 6.29 Å². The molecule has 0 saturated carbocycles. The van der Waals surface area contributed by atoms with Crippen LogP contribution in [0.25, 0.3) is 0 Å². The maximum absolute atomic E-state index is 8.72. The third-order valence-electron chi connectivity index (χ3n) is 0.765. The lowest BCUT2D eigenvalue weighted by Gasteiger charge is -2.22. The van der Waals surface area contributed by atoms with Gasteiger partial charge in [0.1, 0.15) is 0 Å². The van der Waals surface area contributed by atoms with Gasteiger partial charge in [-0.25, -0.2) is 5.90 Å². The van der Waals surface area contributed by atoms with E-state index in [4.69, 9.17) is 10.8 Å². The van der Waals surface area contributed by atoms with E-state index in [1.165, 1.54) is 0 Å². The van der Waals surface area contributed by atoms with Gasteiger partial charge in [-0.2, -0.15) is 0 Å². The molecule has 50 valence electrons. The molecular formula is C4H12N2O2.